The zero-order chi connectivity index (χ0) is 12.5. The Kier molecular flexibility index (Phi) is 2.55. The molecule has 0 fully saturated rings. The van der Waals surface area contributed by atoms with Gasteiger partial charge in [0.15, 0.2) is 11.5 Å². The van der Waals surface area contributed by atoms with E-state index < -0.39 is 0 Å². The Labute approximate surface area is 105 Å². The number of hydrogen-bond donors (Lipinski definition) is 0. The molecule has 1 aromatic carbocycles. The van der Waals surface area contributed by atoms with Crippen LogP contribution in [0.1, 0.15) is 5.56 Å². The summed E-state index contributed by atoms with van der Waals surface area (Å²) in [6.45, 7) is 2.28. The lowest BCUT2D eigenvalue weighted by molar-refractivity contribution is 0.174. The van der Waals surface area contributed by atoms with Crippen LogP contribution in [-0.2, 0) is 0 Å². The number of nitrogens with zero attached hydrogens (tertiary/aromatic N) is 1. The molecule has 1 aliphatic rings. The summed E-state index contributed by atoms with van der Waals surface area (Å²) in [6, 6.07) is 5.77. The van der Waals surface area contributed by atoms with Crippen LogP contribution in [0.2, 0.25) is 0 Å². The molecule has 2 heterocycles. The normalized spacial score (nSPS) is 12.6. The van der Waals surface area contributed by atoms with Crippen molar-refractivity contribution in [3.05, 3.63) is 36.2 Å². The molecule has 0 saturated carbocycles. The van der Waals surface area contributed by atoms with Gasteiger partial charge in [-0.05, 0) is 30.2 Å². The summed E-state index contributed by atoms with van der Waals surface area (Å²) in [5, 5.41) is 0. The number of fused-ring (bicyclic) bond motifs is 1. The van der Waals surface area contributed by atoms with Crippen molar-refractivity contribution in [3.63, 3.8) is 0 Å². The molecular weight excluding hydrogens is 230 g/mol. The van der Waals surface area contributed by atoms with Gasteiger partial charge in [-0.25, -0.2) is 0 Å². The van der Waals surface area contributed by atoms with E-state index in [2.05, 4.69) is 4.98 Å². The van der Waals surface area contributed by atoms with Crippen molar-refractivity contribution in [2.24, 2.45) is 0 Å². The van der Waals surface area contributed by atoms with E-state index in [0.29, 0.717) is 0 Å². The standard InChI is InChI=1S/C14H13NO3/c1-9-7-15-4-3-10(9)11-5-13-14(18-8-17-13)6-12(11)16-2/h3-7H,8H2,1-2H3. The highest BCUT2D eigenvalue weighted by Gasteiger charge is 2.19. The molecule has 3 rings (SSSR count). The third-order valence-corrected chi connectivity index (χ3v) is 3.01. The fourth-order valence-corrected chi connectivity index (χ4v) is 2.08. The first-order chi connectivity index (χ1) is 8.79. The highest BCUT2D eigenvalue weighted by Crippen LogP contribution is 2.42. The zero-order valence-corrected chi connectivity index (χ0v) is 10.3. The van der Waals surface area contributed by atoms with Crippen molar-refractivity contribution in [3.8, 4) is 28.4 Å². The van der Waals surface area contributed by atoms with Crippen LogP contribution in [0.4, 0.5) is 0 Å². The van der Waals surface area contributed by atoms with Crippen molar-refractivity contribution in [1.29, 1.82) is 0 Å². The van der Waals surface area contributed by atoms with E-state index in [0.717, 1.165) is 33.9 Å². The maximum atomic E-state index is 5.42. The molecule has 0 saturated heterocycles. The second-order valence-corrected chi connectivity index (χ2v) is 4.10. The molecular formula is C14H13NO3. The van der Waals surface area contributed by atoms with Crippen molar-refractivity contribution in [2.75, 3.05) is 13.9 Å². The summed E-state index contributed by atoms with van der Waals surface area (Å²) in [5.74, 6) is 2.25. The van der Waals surface area contributed by atoms with Gasteiger partial charge in [-0.1, -0.05) is 0 Å². The molecule has 0 atom stereocenters. The third kappa shape index (κ3) is 1.66. The van der Waals surface area contributed by atoms with Gasteiger partial charge in [0.05, 0.1) is 7.11 Å². The van der Waals surface area contributed by atoms with Gasteiger partial charge in [-0.15, -0.1) is 0 Å². The predicted molar refractivity (Wildman–Crippen MR) is 67.1 cm³/mol. The van der Waals surface area contributed by atoms with Crippen molar-refractivity contribution in [2.45, 2.75) is 6.92 Å². The van der Waals surface area contributed by atoms with E-state index in [1.165, 1.54) is 0 Å². The minimum atomic E-state index is 0.261. The SMILES string of the molecule is COc1cc2c(cc1-c1ccncc1C)OCO2. The maximum absolute atomic E-state index is 5.42. The topological polar surface area (TPSA) is 40.6 Å². The minimum Gasteiger partial charge on any atom is -0.496 e. The molecule has 0 N–H and O–H groups in total. The van der Waals surface area contributed by atoms with Crippen LogP contribution < -0.4 is 14.2 Å². The van der Waals surface area contributed by atoms with Crippen LogP contribution in [0.15, 0.2) is 30.6 Å². The second-order valence-electron chi connectivity index (χ2n) is 4.10. The number of pyridine rings is 1. The monoisotopic (exact) mass is 243 g/mol. The Balaban J connectivity index is 2.20. The molecule has 0 bridgehead atoms. The first-order valence-corrected chi connectivity index (χ1v) is 5.68. The molecule has 1 aromatic heterocycles. The minimum absolute atomic E-state index is 0.261. The lowest BCUT2D eigenvalue weighted by Gasteiger charge is -2.11. The lowest BCUT2D eigenvalue weighted by atomic mass is 10.0. The summed E-state index contributed by atoms with van der Waals surface area (Å²) in [7, 11) is 1.65. The number of hydrogen-bond acceptors (Lipinski definition) is 4. The average molecular weight is 243 g/mol. The number of aryl methyl sites for hydroxylation is 1. The van der Waals surface area contributed by atoms with E-state index in [1.807, 2.05) is 31.3 Å². The predicted octanol–water partition coefficient (Wildman–Crippen LogP) is 2.79. The smallest absolute Gasteiger partial charge is 0.231 e. The van der Waals surface area contributed by atoms with E-state index >= 15 is 0 Å². The Bertz CT molecular complexity index is 596. The molecule has 0 aliphatic carbocycles. The highest BCUT2D eigenvalue weighted by atomic mass is 16.7. The van der Waals surface area contributed by atoms with Gasteiger partial charge in [-0.2, -0.15) is 0 Å². The number of ether oxygens (including phenoxy) is 3. The molecule has 4 nitrogen and oxygen atoms in total. The molecule has 18 heavy (non-hydrogen) atoms. The van der Waals surface area contributed by atoms with Crippen LogP contribution in [0, 0.1) is 6.92 Å². The zero-order valence-electron chi connectivity index (χ0n) is 10.3. The summed E-state index contributed by atoms with van der Waals surface area (Å²) in [4.78, 5) is 4.10. The van der Waals surface area contributed by atoms with Crippen molar-refractivity contribution in [1.82, 2.24) is 4.98 Å². The van der Waals surface area contributed by atoms with Crippen molar-refractivity contribution < 1.29 is 14.2 Å². The Morgan fingerprint density at radius 2 is 1.94 bits per heavy atom. The van der Waals surface area contributed by atoms with E-state index in [4.69, 9.17) is 14.2 Å². The molecule has 2 aromatic rings. The first kappa shape index (κ1) is 10.9. The van der Waals surface area contributed by atoms with Gasteiger partial charge in [0.2, 0.25) is 6.79 Å². The summed E-state index contributed by atoms with van der Waals surface area (Å²) < 4.78 is 16.2. The van der Waals surface area contributed by atoms with Gasteiger partial charge in [0.1, 0.15) is 5.75 Å². The van der Waals surface area contributed by atoms with Crippen LogP contribution in [-0.4, -0.2) is 18.9 Å². The van der Waals surface area contributed by atoms with E-state index in [1.54, 1.807) is 13.3 Å². The second kappa shape index (κ2) is 4.22. The molecule has 1 aliphatic heterocycles. The van der Waals surface area contributed by atoms with Crippen LogP contribution in [0.3, 0.4) is 0 Å². The van der Waals surface area contributed by atoms with E-state index in [-0.39, 0.29) is 6.79 Å². The van der Waals surface area contributed by atoms with Gasteiger partial charge in [0.25, 0.3) is 0 Å². The molecule has 92 valence electrons. The number of methoxy groups -OCH3 is 1. The van der Waals surface area contributed by atoms with Crippen LogP contribution in [0.5, 0.6) is 17.2 Å². The molecule has 0 radical (unpaired) electrons. The molecule has 0 spiro atoms. The summed E-state index contributed by atoms with van der Waals surface area (Å²) >= 11 is 0. The van der Waals surface area contributed by atoms with Gasteiger partial charge < -0.3 is 14.2 Å². The van der Waals surface area contributed by atoms with Gasteiger partial charge in [0, 0.05) is 24.0 Å². The van der Waals surface area contributed by atoms with E-state index in [9.17, 15) is 0 Å². The quantitative estimate of drug-likeness (QED) is 0.813. The molecule has 0 amide bonds. The lowest BCUT2D eigenvalue weighted by Crippen LogP contribution is -1.92. The molecule has 4 heteroatoms. The van der Waals surface area contributed by atoms with Gasteiger partial charge >= 0.3 is 0 Å². The van der Waals surface area contributed by atoms with Gasteiger partial charge in [-0.3, -0.25) is 4.98 Å². The molecule has 0 unspecified atom stereocenters. The average Bonchev–Trinajstić information content (AvgIpc) is 2.85. The van der Waals surface area contributed by atoms with Crippen molar-refractivity contribution >= 4 is 0 Å². The number of aromatic nitrogens is 1. The number of rotatable bonds is 2. The number of benzene rings is 1. The van der Waals surface area contributed by atoms with Crippen LogP contribution >= 0.6 is 0 Å². The Hall–Kier alpha value is -2.23. The first-order valence-electron chi connectivity index (χ1n) is 5.68. The Morgan fingerprint density at radius 1 is 1.17 bits per heavy atom. The third-order valence-electron chi connectivity index (χ3n) is 3.01. The largest absolute Gasteiger partial charge is 0.496 e. The Morgan fingerprint density at radius 3 is 2.67 bits per heavy atom. The fraction of sp³-hybridized carbons (Fsp3) is 0.214. The maximum Gasteiger partial charge on any atom is 0.231 e. The summed E-state index contributed by atoms with van der Waals surface area (Å²) in [5.41, 5.74) is 3.16. The summed E-state index contributed by atoms with van der Waals surface area (Å²) in [6.07, 6.45) is 3.60. The fourth-order valence-electron chi connectivity index (χ4n) is 2.08. The van der Waals surface area contributed by atoms with Crippen LogP contribution in [0.25, 0.3) is 11.1 Å². The highest BCUT2D eigenvalue weighted by molar-refractivity contribution is 5.76.